The van der Waals surface area contributed by atoms with Gasteiger partial charge in [0, 0.05) is 31.7 Å². The molecule has 1 aliphatic rings. The van der Waals surface area contributed by atoms with Crippen molar-refractivity contribution in [3.8, 4) is 0 Å². The van der Waals surface area contributed by atoms with Gasteiger partial charge in [0.1, 0.15) is 5.82 Å². The molecule has 1 heterocycles. The number of nitrogens with zero attached hydrogens (tertiary/aromatic N) is 1. The van der Waals surface area contributed by atoms with Crippen molar-refractivity contribution in [2.24, 2.45) is 5.92 Å². The first-order valence-electron chi connectivity index (χ1n) is 10.0. The predicted molar refractivity (Wildman–Crippen MR) is 112 cm³/mol. The molecule has 158 valence electrons. The molecule has 0 aromatic heterocycles. The first-order chi connectivity index (χ1) is 14.3. The minimum absolute atomic E-state index is 0.0627. The fraction of sp³-hybridized carbons (Fsp3) is 0.348. The topological polar surface area (TPSA) is 78.5 Å². The maximum Gasteiger partial charge on any atom is 0.227 e. The van der Waals surface area contributed by atoms with E-state index in [1.54, 1.807) is 17.0 Å². The summed E-state index contributed by atoms with van der Waals surface area (Å²) in [5, 5.41) is 5.48. The first-order valence-corrected chi connectivity index (χ1v) is 10.0. The van der Waals surface area contributed by atoms with Crippen molar-refractivity contribution in [3.63, 3.8) is 0 Å². The summed E-state index contributed by atoms with van der Waals surface area (Å²) in [5.41, 5.74) is 3.57. The number of amides is 3. The Morgan fingerprint density at radius 2 is 1.83 bits per heavy atom. The van der Waals surface area contributed by atoms with Crippen LogP contribution >= 0.6 is 0 Å². The molecule has 7 heteroatoms. The van der Waals surface area contributed by atoms with Gasteiger partial charge in [-0.1, -0.05) is 24.3 Å². The first kappa shape index (κ1) is 21.5. The van der Waals surface area contributed by atoms with Gasteiger partial charge in [0.15, 0.2) is 0 Å². The Bertz CT molecular complexity index is 960. The molecule has 30 heavy (non-hydrogen) atoms. The van der Waals surface area contributed by atoms with Crippen LogP contribution in [0.25, 0.3) is 0 Å². The molecule has 6 nitrogen and oxygen atoms in total. The van der Waals surface area contributed by atoms with Crippen molar-refractivity contribution in [1.82, 2.24) is 10.6 Å². The third-order valence-corrected chi connectivity index (χ3v) is 5.36. The Kier molecular flexibility index (Phi) is 6.82. The molecule has 3 rings (SSSR count). The van der Waals surface area contributed by atoms with Crippen LogP contribution in [-0.2, 0) is 20.8 Å². The molecular formula is C23H26FN3O3. The van der Waals surface area contributed by atoms with E-state index in [4.69, 9.17) is 0 Å². The highest BCUT2D eigenvalue weighted by atomic mass is 19.1. The van der Waals surface area contributed by atoms with Crippen molar-refractivity contribution in [3.05, 3.63) is 65.0 Å². The summed E-state index contributed by atoms with van der Waals surface area (Å²) in [4.78, 5) is 38.5. The van der Waals surface area contributed by atoms with E-state index in [0.717, 1.165) is 16.8 Å². The van der Waals surface area contributed by atoms with E-state index in [1.165, 1.54) is 12.1 Å². The lowest BCUT2D eigenvalue weighted by atomic mass is 10.1. The van der Waals surface area contributed by atoms with Gasteiger partial charge in [-0.2, -0.15) is 0 Å². The number of halogens is 1. The number of aryl methyl sites for hydroxylation is 1. The van der Waals surface area contributed by atoms with Gasteiger partial charge >= 0.3 is 0 Å². The normalized spacial score (nSPS) is 15.9. The molecule has 0 saturated carbocycles. The summed E-state index contributed by atoms with van der Waals surface area (Å²) in [6.07, 6.45) is 0.249. The van der Waals surface area contributed by atoms with Crippen LogP contribution in [-0.4, -0.2) is 37.4 Å². The van der Waals surface area contributed by atoms with E-state index in [9.17, 15) is 18.8 Å². The lowest BCUT2D eigenvalue weighted by Crippen LogP contribution is -2.38. The zero-order valence-electron chi connectivity index (χ0n) is 17.2. The highest BCUT2D eigenvalue weighted by Crippen LogP contribution is 2.29. The van der Waals surface area contributed by atoms with E-state index in [-0.39, 0.29) is 49.5 Å². The van der Waals surface area contributed by atoms with Gasteiger partial charge < -0.3 is 15.5 Å². The van der Waals surface area contributed by atoms with Gasteiger partial charge in [-0.25, -0.2) is 4.39 Å². The molecule has 3 amide bonds. The molecule has 0 radical (unpaired) electrons. The molecule has 2 N–H and O–H groups in total. The Balaban J connectivity index is 1.44. The van der Waals surface area contributed by atoms with Crippen molar-refractivity contribution >= 4 is 23.4 Å². The number of benzene rings is 2. The monoisotopic (exact) mass is 411 g/mol. The van der Waals surface area contributed by atoms with Crippen LogP contribution in [0.3, 0.4) is 0 Å². The lowest BCUT2D eigenvalue weighted by Gasteiger charge is -2.20. The van der Waals surface area contributed by atoms with E-state index in [1.807, 2.05) is 32.0 Å². The molecule has 1 aliphatic heterocycles. The zero-order chi connectivity index (χ0) is 21.7. The van der Waals surface area contributed by atoms with E-state index in [0.29, 0.717) is 12.1 Å². The van der Waals surface area contributed by atoms with Crippen LogP contribution in [0, 0.1) is 25.6 Å². The molecule has 0 aliphatic carbocycles. The second kappa shape index (κ2) is 9.52. The summed E-state index contributed by atoms with van der Waals surface area (Å²) in [5.74, 6) is -1.30. The third-order valence-electron chi connectivity index (χ3n) is 5.36. The second-order valence-corrected chi connectivity index (χ2v) is 7.57. The number of hydrogen-bond acceptors (Lipinski definition) is 3. The number of carbonyl (C=O) groups is 3. The van der Waals surface area contributed by atoms with Crippen LogP contribution in [0.1, 0.15) is 23.1 Å². The summed E-state index contributed by atoms with van der Waals surface area (Å²) in [7, 11) is 0. The van der Waals surface area contributed by atoms with Crippen LogP contribution in [0.5, 0.6) is 0 Å². The highest BCUT2D eigenvalue weighted by molar-refractivity contribution is 6.00. The van der Waals surface area contributed by atoms with Gasteiger partial charge in [-0.05, 0) is 48.7 Å². The molecular weight excluding hydrogens is 385 g/mol. The van der Waals surface area contributed by atoms with Crippen LogP contribution in [0.4, 0.5) is 10.1 Å². The summed E-state index contributed by atoms with van der Waals surface area (Å²) in [6, 6.07) is 11.7. The maximum atomic E-state index is 13.2. The lowest BCUT2D eigenvalue weighted by molar-refractivity contribution is -0.126. The van der Waals surface area contributed by atoms with Crippen molar-refractivity contribution < 1.29 is 18.8 Å². The van der Waals surface area contributed by atoms with Gasteiger partial charge in [0.2, 0.25) is 17.7 Å². The molecule has 1 fully saturated rings. The molecule has 0 spiro atoms. The van der Waals surface area contributed by atoms with Crippen molar-refractivity contribution in [2.45, 2.75) is 26.7 Å². The number of rotatable bonds is 7. The average molecular weight is 411 g/mol. The number of anilines is 1. The van der Waals surface area contributed by atoms with E-state index >= 15 is 0 Å². The summed E-state index contributed by atoms with van der Waals surface area (Å²) in [6.45, 7) is 4.84. The van der Waals surface area contributed by atoms with Gasteiger partial charge in [-0.15, -0.1) is 0 Å². The molecule has 1 atom stereocenters. The van der Waals surface area contributed by atoms with E-state index < -0.39 is 5.92 Å². The summed E-state index contributed by atoms with van der Waals surface area (Å²) >= 11 is 0. The molecule has 0 bridgehead atoms. The van der Waals surface area contributed by atoms with Crippen LogP contribution in [0.2, 0.25) is 0 Å². The number of carbonyl (C=O) groups excluding carboxylic acids is 3. The number of nitrogens with one attached hydrogen (secondary N) is 2. The summed E-state index contributed by atoms with van der Waals surface area (Å²) < 4.78 is 13.2. The van der Waals surface area contributed by atoms with Crippen LogP contribution < -0.4 is 15.5 Å². The largest absolute Gasteiger partial charge is 0.354 e. The fourth-order valence-corrected chi connectivity index (χ4v) is 3.57. The Hall–Kier alpha value is -3.22. The quantitative estimate of drug-likeness (QED) is 0.686. The highest BCUT2D eigenvalue weighted by Gasteiger charge is 2.35. The average Bonchev–Trinajstić information content (AvgIpc) is 3.09. The second-order valence-electron chi connectivity index (χ2n) is 7.57. The van der Waals surface area contributed by atoms with E-state index in [2.05, 4.69) is 10.6 Å². The third kappa shape index (κ3) is 5.23. The van der Waals surface area contributed by atoms with Gasteiger partial charge in [-0.3, -0.25) is 14.4 Å². The molecule has 2 aromatic carbocycles. The number of hydrogen-bond donors (Lipinski definition) is 2. The smallest absolute Gasteiger partial charge is 0.227 e. The van der Waals surface area contributed by atoms with Crippen molar-refractivity contribution in [1.29, 1.82) is 0 Å². The SMILES string of the molecule is Cc1cccc(N2CC(C(=O)NCCNC(=O)Cc3cccc(F)c3)CC2=O)c1C. The van der Waals surface area contributed by atoms with Crippen molar-refractivity contribution in [2.75, 3.05) is 24.5 Å². The minimum Gasteiger partial charge on any atom is -0.354 e. The minimum atomic E-state index is -0.416. The Labute approximate surface area is 175 Å². The maximum absolute atomic E-state index is 13.2. The molecule has 1 saturated heterocycles. The molecule has 2 aromatic rings. The fourth-order valence-electron chi connectivity index (χ4n) is 3.57. The Morgan fingerprint density at radius 1 is 1.10 bits per heavy atom. The van der Waals surface area contributed by atoms with Gasteiger partial charge in [0.25, 0.3) is 0 Å². The Morgan fingerprint density at radius 3 is 2.60 bits per heavy atom. The molecule has 1 unspecified atom stereocenters. The van der Waals surface area contributed by atoms with Crippen LogP contribution in [0.15, 0.2) is 42.5 Å². The van der Waals surface area contributed by atoms with Gasteiger partial charge in [0.05, 0.1) is 12.3 Å². The zero-order valence-corrected chi connectivity index (χ0v) is 17.2. The predicted octanol–water partition coefficient (Wildman–Crippen LogP) is 2.27. The standard InChI is InChI=1S/C23H26FN3O3/c1-15-5-3-8-20(16(15)2)27-14-18(13-22(27)29)23(30)26-10-9-25-21(28)12-17-6-4-7-19(24)11-17/h3-8,11,18H,9-10,12-14H2,1-2H3,(H,25,28)(H,26,30).